The minimum absolute atomic E-state index is 0.282. The lowest BCUT2D eigenvalue weighted by molar-refractivity contribution is 0.0445. The average molecular weight is 257 g/mol. The summed E-state index contributed by atoms with van der Waals surface area (Å²) in [4.78, 5) is 2.36. The van der Waals surface area contributed by atoms with Crippen molar-refractivity contribution in [3.8, 4) is 0 Å². The summed E-state index contributed by atoms with van der Waals surface area (Å²) in [6, 6.07) is 0. The molecule has 1 atom stereocenters. The van der Waals surface area contributed by atoms with Crippen LogP contribution in [0.5, 0.6) is 0 Å². The third-order valence-electron chi connectivity index (χ3n) is 4.01. The van der Waals surface area contributed by atoms with Gasteiger partial charge in [0.05, 0.1) is 5.60 Å². The van der Waals surface area contributed by atoms with Gasteiger partial charge < -0.3 is 20.9 Å². The van der Waals surface area contributed by atoms with Crippen LogP contribution in [0.2, 0.25) is 0 Å². The Morgan fingerprint density at radius 1 is 1.39 bits per heavy atom. The van der Waals surface area contributed by atoms with Crippen molar-refractivity contribution in [3.05, 3.63) is 0 Å². The highest BCUT2D eigenvalue weighted by molar-refractivity contribution is 5.85. The molecule has 0 aromatic rings. The summed E-state index contributed by atoms with van der Waals surface area (Å²) in [6.45, 7) is 8.73. The number of aliphatic hydroxyl groups is 1. The van der Waals surface area contributed by atoms with Crippen molar-refractivity contribution in [2.24, 2.45) is 16.3 Å². The molecule has 0 saturated carbocycles. The number of amidine groups is 1. The van der Waals surface area contributed by atoms with Crippen LogP contribution in [-0.2, 0) is 0 Å². The van der Waals surface area contributed by atoms with Gasteiger partial charge in [-0.3, -0.25) is 0 Å². The van der Waals surface area contributed by atoms with Crippen molar-refractivity contribution >= 4 is 5.84 Å². The molecule has 0 aliphatic carbocycles. The number of nitrogens with zero attached hydrogens (tertiary/aromatic N) is 2. The standard InChI is InChI=1S/C13H27N3O2/c1-12(2,11(14)15-18)6-9-16-8-4-5-13(3,17)7-10-16/h17-18H,4-10H2,1-3H3,(H2,14,15). The first-order chi connectivity index (χ1) is 8.27. The second kappa shape index (κ2) is 5.89. The maximum atomic E-state index is 10.0. The topological polar surface area (TPSA) is 82.1 Å². The fourth-order valence-electron chi connectivity index (χ4n) is 2.24. The average Bonchev–Trinajstić information content (AvgIpc) is 2.46. The molecule has 0 aromatic carbocycles. The van der Waals surface area contributed by atoms with Crippen molar-refractivity contribution in [2.75, 3.05) is 19.6 Å². The molecule has 1 heterocycles. The van der Waals surface area contributed by atoms with Crippen molar-refractivity contribution in [1.82, 2.24) is 4.90 Å². The van der Waals surface area contributed by atoms with Gasteiger partial charge in [0, 0.05) is 12.0 Å². The Labute approximate surface area is 110 Å². The molecule has 1 saturated heterocycles. The van der Waals surface area contributed by atoms with E-state index in [2.05, 4.69) is 10.1 Å². The van der Waals surface area contributed by atoms with Gasteiger partial charge in [0.2, 0.25) is 0 Å². The lowest BCUT2D eigenvalue weighted by Gasteiger charge is -2.28. The predicted octanol–water partition coefficient (Wildman–Crippen LogP) is 1.39. The molecule has 5 nitrogen and oxygen atoms in total. The first kappa shape index (κ1) is 15.2. The summed E-state index contributed by atoms with van der Waals surface area (Å²) in [5.74, 6) is 0.282. The van der Waals surface area contributed by atoms with Crippen LogP contribution in [0.25, 0.3) is 0 Å². The maximum Gasteiger partial charge on any atom is 0.144 e. The molecule has 1 rings (SSSR count). The molecule has 0 radical (unpaired) electrons. The maximum absolute atomic E-state index is 10.0. The van der Waals surface area contributed by atoms with Gasteiger partial charge in [-0.05, 0) is 45.7 Å². The first-order valence-electron chi connectivity index (χ1n) is 6.70. The summed E-state index contributed by atoms with van der Waals surface area (Å²) in [6.07, 6.45) is 3.56. The van der Waals surface area contributed by atoms with E-state index >= 15 is 0 Å². The highest BCUT2D eigenvalue weighted by atomic mass is 16.4. The van der Waals surface area contributed by atoms with Gasteiger partial charge in [0.25, 0.3) is 0 Å². The summed E-state index contributed by atoms with van der Waals surface area (Å²) in [5, 5.41) is 21.9. The molecule has 0 amide bonds. The van der Waals surface area contributed by atoms with Gasteiger partial charge in [-0.2, -0.15) is 0 Å². The molecule has 5 heteroatoms. The summed E-state index contributed by atoms with van der Waals surface area (Å²) in [5.41, 5.74) is 4.88. The molecular weight excluding hydrogens is 230 g/mol. The van der Waals surface area contributed by atoms with Gasteiger partial charge in [-0.25, -0.2) is 0 Å². The summed E-state index contributed by atoms with van der Waals surface area (Å²) < 4.78 is 0. The fourth-order valence-corrected chi connectivity index (χ4v) is 2.24. The van der Waals surface area contributed by atoms with Gasteiger partial charge in [-0.15, -0.1) is 0 Å². The quantitative estimate of drug-likeness (QED) is 0.307. The molecule has 1 fully saturated rings. The smallest absolute Gasteiger partial charge is 0.144 e. The van der Waals surface area contributed by atoms with Crippen LogP contribution < -0.4 is 5.73 Å². The Bertz CT molecular complexity index is 301. The van der Waals surface area contributed by atoms with Crippen LogP contribution in [-0.4, -0.2) is 46.3 Å². The minimum atomic E-state index is -0.518. The van der Waals surface area contributed by atoms with Crippen molar-refractivity contribution < 1.29 is 10.3 Å². The third kappa shape index (κ3) is 4.46. The van der Waals surface area contributed by atoms with Gasteiger partial charge in [0.15, 0.2) is 0 Å². The number of hydrogen-bond donors (Lipinski definition) is 3. The van der Waals surface area contributed by atoms with E-state index in [1.54, 1.807) is 0 Å². The van der Waals surface area contributed by atoms with Crippen LogP contribution >= 0.6 is 0 Å². The van der Waals surface area contributed by atoms with E-state index in [1.165, 1.54) is 0 Å². The largest absolute Gasteiger partial charge is 0.409 e. The molecule has 18 heavy (non-hydrogen) atoms. The Hall–Kier alpha value is -0.810. The van der Waals surface area contributed by atoms with Crippen molar-refractivity contribution in [2.45, 2.75) is 52.1 Å². The minimum Gasteiger partial charge on any atom is -0.409 e. The fraction of sp³-hybridized carbons (Fsp3) is 0.923. The highest BCUT2D eigenvalue weighted by Gasteiger charge is 2.27. The summed E-state index contributed by atoms with van der Waals surface area (Å²) in [7, 11) is 0. The second-order valence-corrected chi connectivity index (χ2v) is 6.31. The van der Waals surface area contributed by atoms with Gasteiger partial charge >= 0.3 is 0 Å². The van der Waals surface area contributed by atoms with Crippen LogP contribution in [0, 0.1) is 5.41 Å². The zero-order chi connectivity index (χ0) is 13.8. The molecule has 1 unspecified atom stereocenters. The van der Waals surface area contributed by atoms with E-state index in [0.717, 1.165) is 45.3 Å². The number of oxime groups is 1. The predicted molar refractivity (Wildman–Crippen MR) is 72.7 cm³/mol. The number of likely N-dealkylation sites (tertiary alicyclic amines) is 1. The molecule has 106 valence electrons. The Morgan fingerprint density at radius 2 is 2.06 bits per heavy atom. The van der Waals surface area contributed by atoms with E-state index in [4.69, 9.17) is 10.9 Å². The van der Waals surface area contributed by atoms with E-state index in [-0.39, 0.29) is 11.3 Å². The number of hydrogen-bond acceptors (Lipinski definition) is 4. The zero-order valence-electron chi connectivity index (χ0n) is 11.8. The molecule has 4 N–H and O–H groups in total. The Kier molecular flexibility index (Phi) is 4.99. The van der Waals surface area contributed by atoms with E-state index in [0.29, 0.717) is 0 Å². The molecular formula is C13H27N3O2. The molecule has 1 aliphatic rings. The van der Waals surface area contributed by atoms with Gasteiger partial charge in [-0.1, -0.05) is 19.0 Å². The van der Waals surface area contributed by atoms with Crippen LogP contribution in [0.4, 0.5) is 0 Å². The van der Waals surface area contributed by atoms with Crippen LogP contribution in [0.15, 0.2) is 5.16 Å². The van der Waals surface area contributed by atoms with Crippen molar-refractivity contribution in [1.29, 1.82) is 0 Å². The summed E-state index contributed by atoms with van der Waals surface area (Å²) >= 11 is 0. The third-order valence-corrected chi connectivity index (χ3v) is 4.01. The van der Waals surface area contributed by atoms with Crippen molar-refractivity contribution in [3.63, 3.8) is 0 Å². The first-order valence-corrected chi connectivity index (χ1v) is 6.70. The van der Waals surface area contributed by atoms with E-state index in [9.17, 15) is 5.11 Å². The SMILES string of the molecule is CC1(O)CCCN(CCC(C)(C)C(N)=NO)CC1. The Balaban J connectivity index is 2.44. The van der Waals surface area contributed by atoms with Gasteiger partial charge in [0.1, 0.15) is 5.84 Å². The van der Waals surface area contributed by atoms with E-state index < -0.39 is 5.60 Å². The lowest BCUT2D eigenvalue weighted by Crippen LogP contribution is -2.37. The highest BCUT2D eigenvalue weighted by Crippen LogP contribution is 2.24. The molecule has 0 bridgehead atoms. The second-order valence-electron chi connectivity index (χ2n) is 6.31. The molecule has 0 spiro atoms. The zero-order valence-corrected chi connectivity index (χ0v) is 11.8. The number of rotatable bonds is 4. The molecule has 1 aliphatic heterocycles. The monoisotopic (exact) mass is 257 g/mol. The Morgan fingerprint density at radius 3 is 2.67 bits per heavy atom. The van der Waals surface area contributed by atoms with E-state index in [1.807, 2.05) is 20.8 Å². The number of nitrogens with two attached hydrogens (primary N) is 1. The normalized spacial score (nSPS) is 28.1. The van der Waals surface area contributed by atoms with Crippen LogP contribution in [0.3, 0.4) is 0 Å². The van der Waals surface area contributed by atoms with Crippen LogP contribution in [0.1, 0.15) is 46.5 Å². The lowest BCUT2D eigenvalue weighted by atomic mass is 9.88. The molecule has 0 aromatic heterocycles.